The summed E-state index contributed by atoms with van der Waals surface area (Å²) in [5.41, 5.74) is 2.92. The molecule has 1 aromatic heterocycles. The van der Waals surface area contributed by atoms with Crippen molar-refractivity contribution in [3.63, 3.8) is 0 Å². The SMILES string of the molecule is O=CC(c1ccc(NC(=O)c2cccc(Br)n2)c(N2CCCCC2)c1)C1CNCCO1. The molecule has 2 saturated heterocycles. The lowest BCUT2D eigenvalue weighted by Gasteiger charge is -2.32. The number of carbonyl (C=O) groups excluding carboxylic acids is 2. The lowest BCUT2D eigenvalue weighted by atomic mass is 9.92. The minimum absolute atomic E-state index is 0.188. The van der Waals surface area contributed by atoms with E-state index in [-0.39, 0.29) is 17.9 Å². The summed E-state index contributed by atoms with van der Waals surface area (Å²) >= 11 is 3.31. The Bertz CT molecular complexity index is 927. The number of carbonyl (C=O) groups is 2. The van der Waals surface area contributed by atoms with Gasteiger partial charge in [0.25, 0.3) is 5.91 Å². The smallest absolute Gasteiger partial charge is 0.274 e. The summed E-state index contributed by atoms with van der Waals surface area (Å²) in [6.07, 6.45) is 4.20. The predicted molar refractivity (Wildman–Crippen MR) is 124 cm³/mol. The summed E-state index contributed by atoms with van der Waals surface area (Å²) in [4.78, 5) is 31.3. The first-order chi connectivity index (χ1) is 15.2. The first-order valence-corrected chi connectivity index (χ1v) is 11.6. The Morgan fingerprint density at radius 1 is 1.26 bits per heavy atom. The van der Waals surface area contributed by atoms with Crippen molar-refractivity contribution in [1.29, 1.82) is 0 Å². The molecule has 2 aliphatic rings. The fourth-order valence-electron chi connectivity index (χ4n) is 4.18. The molecule has 3 heterocycles. The van der Waals surface area contributed by atoms with E-state index < -0.39 is 0 Å². The molecule has 0 bridgehead atoms. The molecule has 31 heavy (non-hydrogen) atoms. The van der Waals surface area contributed by atoms with Gasteiger partial charge in [-0.05, 0) is 65.0 Å². The molecular weight excluding hydrogens is 460 g/mol. The van der Waals surface area contributed by atoms with Gasteiger partial charge in [0, 0.05) is 26.2 Å². The number of morpholine rings is 1. The van der Waals surface area contributed by atoms with Crippen LogP contribution in [-0.4, -0.2) is 56.1 Å². The quantitative estimate of drug-likeness (QED) is 0.481. The molecule has 0 spiro atoms. The Hall–Kier alpha value is -2.29. The average molecular weight is 487 g/mol. The minimum Gasteiger partial charge on any atom is -0.374 e. The van der Waals surface area contributed by atoms with E-state index in [1.54, 1.807) is 18.2 Å². The van der Waals surface area contributed by atoms with Crippen molar-refractivity contribution >= 4 is 39.5 Å². The van der Waals surface area contributed by atoms with Crippen LogP contribution in [0.4, 0.5) is 11.4 Å². The van der Waals surface area contributed by atoms with Gasteiger partial charge in [0.05, 0.1) is 30.0 Å². The number of halogens is 1. The van der Waals surface area contributed by atoms with E-state index in [1.807, 2.05) is 18.2 Å². The van der Waals surface area contributed by atoms with Gasteiger partial charge in [-0.15, -0.1) is 0 Å². The van der Waals surface area contributed by atoms with Crippen LogP contribution in [0.25, 0.3) is 0 Å². The molecule has 2 unspecified atom stereocenters. The molecule has 8 heteroatoms. The third kappa shape index (κ3) is 5.31. The van der Waals surface area contributed by atoms with Crippen molar-refractivity contribution in [3.8, 4) is 0 Å². The average Bonchev–Trinajstić information content (AvgIpc) is 2.81. The highest BCUT2D eigenvalue weighted by Crippen LogP contribution is 2.33. The van der Waals surface area contributed by atoms with E-state index in [0.29, 0.717) is 23.4 Å². The Labute approximate surface area is 190 Å². The first-order valence-electron chi connectivity index (χ1n) is 10.8. The van der Waals surface area contributed by atoms with Crippen LogP contribution in [0, 0.1) is 0 Å². The van der Waals surface area contributed by atoms with Gasteiger partial charge in [0.2, 0.25) is 0 Å². The van der Waals surface area contributed by atoms with Crippen molar-refractivity contribution in [2.45, 2.75) is 31.3 Å². The highest BCUT2D eigenvalue weighted by atomic mass is 79.9. The molecule has 164 valence electrons. The Balaban J connectivity index is 1.64. The number of piperidine rings is 1. The van der Waals surface area contributed by atoms with Crippen molar-refractivity contribution in [2.75, 3.05) is 43.0 Å². The summed E-state index contributed by atoms with van der Waals surface area (Å²) in [7, 11) is 0. The van der Waals surface area contributed by atoms with Crippen LogP contribution in [0.5, 0.6) is 0 Å². The molecule has 2 aromatic rings. The standard InChI is InChI=1S/C23H27BrN4O3/c24-22-6-4-5-19(26-22)23(30)27-18-8-7-16(13-20(18)28-10-2-1-3-11-28)17(15-29)21-14-25-9-12-31-21/h4-8,13,15,17,21,25H,1-3,9-12,14H2,(H,27,30). The number of aromatic nitrogens is 1. The van der Waals surface area contributed by atoms with E-state index in [0.717, 1.165) is 55.7 Å². The molecule has 2 aliphatic heterocycles. The summed E-state index contributed by atoms with van der Waals surface area (Å²) in [5, 5.41) is 6.31. The molecule has 0 aliphatic carbocycles. The molecular formula is C23H27BrN4O3. The third-order valence-corrected chi connectivity index (χ3v) is 6.24. The minimum atomic E-state index is -0.354. The van der Waals surface area contributed by atoms with Gasteiger partial charge in [0.15, 0.2) is 0 Å². The van der Waals surface area contributed by atoms with Crippen LogP contribution in [0.2, 0.25) is 0 Å². The zero-order valence-corrected chi connectivity index (χ0v) is 18.9. The van der Waals surface area contributed by atoms with Crippen LogP contribution >= 0.6 is 15.9 Å². The maximum absolute atomic E-state index is 12.8. The van der Waals surface area contributed by atoms with Gasteiger partial charge in [-0.3, -0.25) is 4.79 Å². The highest BCUT2D eigenvalue weighted by molar-refractivity contribution is 9.10. The van der Waals surface area contributed by atoms with Gasteiger partial charge in [-0.1, -0.05) is 12.1 Å². The van der Waals surface area contributed by atoms with E-state index >= 15 is 0 Å². The third-order valence-electron chi connectivity index (χ3n) is 5.80. The van der Waals surface area contributed by atoms with Crippen molar-refractivity contribution in [2.24, 2.45) is 0 Å². The summed E-state index contributed by atoms with van der Waals surface area (Å²) < 4.78 is 6.46. The summed E-state index contributed by atoms with van der Waals surface area (Å²) in [5.74, 6) is -0.619. The largest absolute Gasteiger partial charge is 0.374 e. The number of amides is 1. The molecule has 4 rings (SSSR count). The predicted octanol–water partition coefficient (Wildman–Crippen LogP) is 3.36. The lowest BCUT2D eigenvalue weighted by Crippen LogP contribution is -2.42. The number of ether oxygens (including phenoxy) is 1. The van der Waals surface area contributed by atoms with Crippen LogP contribution in [-0.2, 0) is 9.53 Å². The Kier molecular flexibility index (Phi) is 7.32. The number of pyridine rings is 1. The molecule has 2 atom stereocenters. The lowest BCUT2D eigenvalue weighted by molar-refractivity contribution is -0.113. The zero-order valence-electron chi connectivity index (χ0n) is 17.4. The number of nitrogens with zero attached hydrogens (tertiary/aromatic N) is 2. The van der Waals surface area contributed by atoms with Crippen LogP contribution in [0.15, 0.2) is 41.0 Å². The zero-order chi connectivity index (χ0) is 21.6. The molecule has 7 nitrogen and oxygen atoms in total. The Morgan fingerprint density at radius 3 is 2.81 bits per heavy atom. The maximum Gasteiger partial charge on any atom is 0.274 e. The summed E-state index contributed by atoms with van der Waals surface area (Å²) in [6.45, 7) is 3.90. The van der Waals surface area contributed by atoms with Gasteiger partial charge in [0.1, 0.15) is 16.6 Å². The van der Waals surface area contributed by atoms with Crippen molar-refractivity contribution in [1.82, 2.24) is 10.3 Å². The maximum atomic E-state index is 12.8. The molecule has 2 N–H and O–H groups in total. The number of nitrogens with one attached hydrogen (secondary N) is 2. The fraction of sp³-hybridized carbons (Fsp3) is 0.435. The van der Waals surface area contributed by atoms with E-state index in [4.69, 9.17) is 4.74 Å². The molecule has 0 radical (unpaired) electrons. The second-order valence-corrected chi connectivity index (χ2v) is 8.71. The van der Waals surface area contributed by atoms with E-state index in [1.165, 1.54) is 6.42 Å². The number of hydrogen-bond donors (Lipinski definition) is 2. The molecule has 2 fully saturated rings. The summed E-state index contributed by atoms with van der Waals surface area (Å²) in [6, 6.07) is 11.1. The van der Waals surface area contributed by atoms with Gasteiger partial charge < -0.3 is 25.1 Å². The van der Waals surface area contributed by atoms with Crippen molar-refractivity contribution < 1.29 is 14.3 Å². The monoisotopic (exact) mass is 486 g/mol. The number of rotatable bonds is 6. The van der Waals surface area contributed by atoms with Crippen LogP contribution in [0.3, 0.4) is 0 Å². The molecule has 1 amide bonds. The van der Waals surface area contributed by atoms with E-state index in [2.05, 4.69) is 36.4 Å². The fourth-order valence-corrected chi connectivity index (χ4v) is 4.52. The van der Waals surface area contributed by atoms with Gasteiger partial charge in [-0.25, -0.2) is 4.98 Å². The van der Waals surface area contributed by atoms with Crippen LogP contribution in [0.1, 0.15) is 41.2 Å². The normalized spacial score (nSPS) is 20.2. The number of aldehydes is 1. The second-order valence-electron chi connectivity index (χ2n) is 7.90. The number of anilines is 2. The highest BCUT2D eigenvalue weighted by Gasteiger charge is 2.27. The number of benzene rings is 1. The van der Waals surface area contributed by atoms with E-state index in [9.17, 15) is 9.59 Å². The first kappa shape index (κ1) is 21.9. The number of hydrogen-bond acceptors (Lipinski definition) is 6. The topological polar surface area (TPSA) is 83.6 Å². The van der Waals surface area contributed by atoms with Gasteiger partial charge >= 0.3 is 0 Å². The molecule has 0 saturated carbocycles. The van der Waals surface area contributed by atoms with Crippen LogP contribution < -0.4 is 15.5 Å². The van der Waals surface area contributed by atoms with Gasteiger partial charge in [-0.2, -0.15) is 0 Å². The Morgan fingerprint density at radius 2 is 2.10 bits per heavy atom. The second kappa shape index (κ2) is 10.3. The van der Waals surface area contributed by atoms with Crippen molar-refractivity contribution in [3.05, 3.63) is 52.3 Å². The molecule has 1 aromatic carbocycles.